The van der Waals surface area contributed by atoms with Crippen LogP contribution in [0.2, 0.25) is 0 Å². The van der Waals surface area contributed by atoms with Crippen LogP contribution in [0.1, 0.15) is 11.3 Å². The minimum absolute atomic E-state index is 0.186. The summed E-state index contributed by atoms with van der Waals surface area (Å²) in [7, 11) is 0. The van der Waals surface area contributed by atoms with Crippen LogP contribution in [0.5, 0.6) is 0 Å². The molecule has 0 spiro atoms. The maximum Gasteiger partial charge on any atom is 0.152 e. The summed E-state index contributed by atoms with van der Waals surface area (Å²) in [6.07, 6.45) is 2.73. The average Bonchev–Trinajstić information content (AvgIpc) is 2.86. The van der Waals surface area contributed by atoms with E-state index in [1.807, 2.05) is 24.4 Å². The van der Waals surface area contributed by atoms with Gasteiger partial charge in [-0.1, -0.05) is 0 Å². The normalized spacial score (nSPS) is 12.8. The summed E-state index contributed by atoms with van der Waals surface area (Å²) in [5.74, 6) is -0.186. The number of rotatable bonds is 0. The third-order valence-corrected chi connectivity index (χ3v) is 4.00. The number of pyridine rings is 1. The Morgan fingerprint density at radius 3 is 3.06 bits per heavy atom. The highest BCUT2D eigenvalue weighted by Gasteiger charge is 2.24. The Bertz CT molecular complexity index is 792. The van der Waals surface area contributed by atoms with Crippen LogP contribution >= 0.6 is 15.9 Å². The van der Waals surface area contributed by atoms with Gasteiger partial charge in [0, 0.05) is 18.2 Å². The van der Waals surface area contributed by atoms with Gasteiger partial charge in [0.25, 0.3) is 0 Å². The molecule has 0 atom stereocenters. The Balaban J connectivity index is 2.07. The number of hydrogen-bond donors (Lipinski definition) is 0. The van der Waals surface area contributed by atoms with E-state index in [9.17, 15) is 4.39 Å². The molecule has 2 aromatic heterocycles. The highest BCUT2D eigenvalue weighted by Crippen LogP contribution is 2.37. The van der Waals surface area contributed by atoms with Crippen molar-refractivity contribution in [3.05, 3.63) is 58.1 Å². The van der Waals surface area contributed by atoms with E-state index in [0.29, 0.717) is 0 Å². The number of hydrogen-bond acceptors (Lipinski definition) is 1. The Morgan fingerprint density at radius 2 is 2.17 bits per heavy atom. The van der Waals surface area contributed by atoms with Gasteiger partial charge in [0.05, 0.1) is 15.9 Å². The zero-order valence-electron chi connectivity index (χ0n) is 9.32. The largest absolute Gasteiger partial charge is 0.302 e. The summed E-state index contributed by atoms with van der Waals surface area (Å²) in [5, 5.41) is 0. The fourth-order valence-electron chi connectivity index (χ4n) is 2.59. The van der Waals surface area contributed by atoms with E-state index in [0.717, 1.165) is 39.1 Å². The van der Waals surface area contributed by atoms with E-state index < -0.39 is 0 Å². The quantitative estimate of drug-likeness (QED) is 0.483. The molecule has 0 saturated carbocycles. The first kappa shape index (κ1) is 10.3. The molecule has 3 aromatic rings. The fourth-order valence-corrected chi connectivity index (χ4v) is 3.02. The molecule has 0 aliphatic heterocycles. The van der Waals surface area contributed by atoms with Crippen LogP contribution in [0, 0.1) is 5.82 Å². The predicted molar refractivity (Wildman–Crippen MR) is 71.1 cm³/mol. The van der Waals surface area contributed by atoms with Crippen molar-refractivity contribution in [1.82, 2.24) is 9.38 Å². The second kappa shape index (κ2) is 3.42. The standard InChI is InChI=1S/C14H8BrFN2/c15-11-2-1-5-18-12-7-8-6-9(16)3-4-10(8)13(12)17-14(11)18/h1-6H,7H2. The highest BCUT2D eigenvalue weighted by molar-refractivity contribution is 9.10. The van der Waals surface area contributed by atoms with E-state index in [4.69, 9.17) is 0 Å². The summed E-state index contributed by atoms with van der Waals surface area (Å²) < 4.78 is 16.3. The predicted octanol–water partition coefficient (Wildman–Crippen LogP) is 3.81. The van der Waals surface area contributed by atoms with Gasteiger partial charge in [0.15, 0.2) is 5.65 Å². The molecule has 0 unspecified atom stereocenters. The van der Waals surface area contributed by atoms with Gasteiger partial charge in [0.2, 0.25) is 0 Å². The second-order valence-corrected chi connectivity index (χ2v) is 5.29. The number of aromatic nitrogens is 2. The SMILES string of the molecule is Fc1ccc2c(c1)Cc1c-2nc2c(Br)cccn12. The smallest absolute Gasteiger partial charge is 0.152 e. The Hall–Kier alpha value is -1.68. The first-order chi connectivity index (χ1) is 8.74. The Labute approximate surface area is 111 Å². The lowest BCUT2D eigenvalue weighted by molar-refractivity contribution is 0.626. The molecule has 0 radical (unpaired) electrons. The fraction of sp³-hybridized carbons (Fsp3) is 0.0714. The van der Waals surface area contributed by atoms with Crippen LogP contribution in [-0.2, 0) is 6.42 Å². The molecule has 0 fully saturated rings. The highest BCUT2D eigenvalue weighted by atomic mass is 79.9. The van der Waals surface area contributed by atoms with Crippen molar-refractivity contribution in [3.8, 4) is 11.3 Å². The molecule has 4 heteroatoms. The number of halogens is 2. The summed E-state index contributed by atoms with van der Waals surface area (Å²) in [6, 6.07) is 8.86. The lowest BCUT2D eigenvalue weighted by Gasteiger charge is -2.00. The van der Waals surface area contributed by atoms with Crippen LogP contribution in [0.15, 0.2) is 41.0 Å². The first-order valence-corrected chi connectivity index (χ1v) is 6.47. The second-order valence-electron chi connectivity index (χ2n) is 4.44. The van der Waals surface area contributed by atoms with Crippen molar-refractivity contribution in [2.75, 3.05) is 0 Å². The molecule has 0 bridgehead atoms. The molecular formula is C14H8BrFN2. The minimum atomic E-state index is -0.186. The van der Waals surface area contributed by atoms with Gasteiger partial charge in [-0.3, -0.25) is 0 Å². The van der Waals surface area contributed by atoms with Crippen LogP contribution in [-0.4, -0.2) is 9.38 Å². The third kappa shape index (κ3) is 1.24. The van der Waals surface area contributed by atoms with Crippen molar-refractivity contribution < 1.29 is 4.39 Å². The number of benzene rings is 1. The van der Waals surface area contributed by atoms with Crippen LogP contribution in [0.4, 0.5) is 4.39 Å². The molecule has 0 N–H and O–H groups in total. The van der Waals surface area contributed by atoms with Gasteiger partial charge in [-0.25, -0.2) is 9.37 Å². The number of fused-ring (bicyclic) bond motifs is 5. The summed E-state index contributed by atoms with van der Waals surface area (Å²) in [4.78, 5) is 4.66. The Kier molecular flexibility index (Phi) is 1.95. The van der Waals surface area contributed by atoms with E-state index in [1.165, 1.54) is 6.07 Å². The van der Waals surface area contributed by atoms with Crippen molar-refractivity contribution in [2.45, 2.75) is 6.42 Å². The molecule has 2 nitrogen and oxygen atoms in total. The van der Waals surface area contributed by atoms with Gasteiger partial charge in [-0.05, 0) is 51.8 Å². The van der Waals surface area contributed by atoms with Gasteiger partial charge in [-0.2, -0.15) is 0 Å². The van der Waals surface area contributed by atoms with E-state index >= 15 is 0 Å². The maximum absolute atomic E-state index is 13.2. The molecule has 1 aliphatic carbocycles. The lowest BCUT2D eigenvalue weighted by Crippen LogP contribution is -1.92. The molecule has 2 heterocycles. The topological polar surface area (TPSA) is 17.3 Å². The molecule has 0 amide bonds. The van der Waals surface area contributed by atoms with Gasteiger partial charge < -0.3 is 4.40 Å². The first-order valence-electron chi connectivity index (χ1n) is 5.68. The maximum atomic E-state index is 13.2. The zero-order valence-corrected chi connectivity index (χ0v) is 10.9. The summed E-state index contributed by atoms with van der Waals surface area (Å²) in [6.45, 7) is 0. The van der Waals surface area contributed by atoms with Crippen molar-refractivity contribution in [3.63, 3.8) is 0 Å². The summed E-state index contributed by atoms with van der Waals surface area (Å²) in [5.41, 5.74) is 5.07. The van der Waals surface area contributed by atoms with E-state index in [-0.39, 0.29) is 5.82 Å². The monoisotopic (exact) mass is 302 g/mol. The molecule has 1 aromatic carbocycles. The lowest BCUT2D eigenvalue weighted by atomic mass is 10.1. The van der Waals surface area contributed by atoms with E-state index in [1.54, 1.807) is 6.07 Å². The van der Waals surface area contributed by atoms with Crippen LogP contribution in [0.3, 0.4) is 0 Å². The molecule has 88 valence electrons. The minimum Gasteiger partial charge on any atom is -0.302 e. The van der Waals surface area contributed by atoms with Crippen molar-refractivity contribution >= 4 is 21.6 Å². The average molecular weight is 303 g/mol. The zero-order chi connectivity index (χ0) is 12.3. The van der Waals surface area contributed by atoms with Crippen LogP contribution in [0.25, 0.3) is 16.9 Å². The van der Waals surface area contributed by atoms with Crippen molar-refractivity contribution in [1.29, 1.82) is 0 Å². The number of nitrogens with zero attached hydrogens (tertiary/aromatic N) is 2. The molecular weight excluding hydrogens is 295 g/mol. The van der Waals surface area contributed by atoms with Gasteiger partial charge >= 0.3 is 0 Å². The van der Waals surface area contributed by atoms with E-state index in [2.05, 4.69) is 25.3 Å². The Morgan fingerprint density at radius 1 is 1.28 bits per heavy atom. The molecule has 18 heavy (non-hydrogen) atoms. The number of imidazole rings is 1. The van der Waals surface area contributed by atoms with Crippen molar-refractivity contribution in [2.24, 2.45) is 0 Å². The third-order valence-electron chi connectivity index (χ3n) is 3.38. The molecule has 4 rings (SSSR count). The molecule has 0 saturated heterocycles. The van der Waals surface area contributed by atoms with Gasteiger partial charge in [-0.15, -0.1) is 0 Å². The van der Waals surface area contributed by atoms with Gasteiger partial charge in [0.1, 0.15) is 5.82 Å². The molecule has 1 aliphatic rings. The van der Waals surface area contributed by atoms with Crippen LogP contribution < -0.4 is 0 Å². The summed E-state index contributed by atoms with van der Waals surface area (Å²) >= 11 is 3.51.